The lowest BCUT2D eigenvalue weighted by atomic mass is 9.82. The van der Waals surface area contributed by atoms with Crippen molar-refractivity contribution in [2.75, 3.05) is 11.0 Å². The van der Waals surface area contributed by atoms with E-state index in [9.17, 15) is 18.0 Å². The van der Waals surface area contributed by atoms with Crippen LogP contribution in [0.25, 0.3) is 12.2 Å². The summed E-state index contributed by atoms with van der Waals surface area (Å²) in [6, 6.07) is 27.0. The first-order valence-electron chi connectivity index (χ1n) is 15.7. The SMILES string of the molecule is CC(C)CC(C(=O)NN(c1ccccc1)S(=O)(=O)C=Cc1ccccc1)[C@@H](CC=Cc1ccccc1)C(=O)NO[C@H]1CCCCO1. The van der Waals surface area contributed by atoms with E-state index in [4.69, 9.17) is 9.57 Å². The van der Waals surface area contributed by atoms with E-state index in [0.29, 0.717) is 25.0 Å². The molecule has 9 nitrogen and oxygen atoms in total. The van der Waals surface area contributed by atoms with Crippen LogP contribution in [0.4, 0.5) is 5.69 Å². The molecule has 0 saturated carbocycles. The average molecular weight is 646 g/mol. The fraction of sp³-hybridized carbons (Fsp3) is 0.333. The second kappa shape index (κ2) is 17.4. The first-order chi connectivity index (χ1) is 22.2. The van der Waals surface area contributed by atoms with E-state index in [1.807, 2.05) is 62.4 Å². The topological polar surface area (TPSA) is 114 Å². The summed E-state index contributed by atoms with van der Waals surface area (Å²) in [7, 11) is -4.19. The number of hydrogen-bond donors (Lipinski definition) is 2. The van der Waals surface area contributed by atoms with Crippen LogP contribution >= 0.6 is 0 Å². The predicted octanol–water partition coefficient (Wildman–Crippen LogP) is 6.48. The summed E-state index contributed by atoms with van der Waals surface area (Å²) in [5.74, 6) is -2.82. The minimum Gasteiger partial charge on any atom is -0.350 e. The molecule has 2 amide bonds. The zero-order valence-electron chi connectivity index (χ0n) is 26.3. The molecule has 0 bridgehead atoms. The van der Waals surface area contributed by atoms with E-state index in [-0.39, 0.29) is 18.0 Å². The Morgan fingerprint density at radius 2 is 1.48 bits per heavy atom. The van der Waals surface area contributed by atoms with Gasteiger partial charge in [-0.2, -0.15) is 12.8 Å². The Kier molecular flexibility index (Phi) is 13.1. The zero-order valence-corrected chi connectivity index (χ0v) is 27.1. The summed E-state index contributed by atoms with van der Waals surface area (Å²) >= 11 is 0. The van der Waals surface area contributed by atoms with Gasteiger partial charge in [0.1, 0.15) is 0 Å². The quantitative estimate of drug-likeness (QED) is 0.183. The second-order valence-electron chi connectivity index (χ2n) is 11.6. The van der Waals surface area contributed by atoms with Gasteiger partial charge in [0.05, 0.1) is 22.9 Å². The standard InChI is InChI=1S/C36H43N3O6S/c1-28(2)27-33(32(22-14-19-29-15-6-3-7-16-29)36(41)38-45-34-23-12-13-25-44-34)35(40)37-39(31-20-10-5-11-21-31)46(42,43)26-24-30-17-8-4-9-18-30/h3-11,14-21,24,26,28,32-34H,12-13,22-23,25,27H2,1-2H3,(H,37,40)(H,38,41)/t32-,33?,34+/m1/s1. The van der Waals surface area contributed by atoms with E-state index >= 15 is 0 Å². The summed E-state index contributed by atoms with van der Waals surface area (Å²) in [6.07, 6.45) is 7.69. The summed E-state index contributed by atoms with van der Waals surface area (Å²) < 4.78 is 33.9. The lowest BCUT2D eigenvalue weighted by Crippen LogP contribution is -2.51. The summed E-state index contributed by atoms with van der Waals surface area (Å²) in [5, 5.41) is 1.05. The molecule has 0 spiro atoms. The Bertz CT molecular complexity index is 1540. The molecule has 1 aliphatic rings. The highest BCUT2D eigenvalue weighted by atomic mass is 32.2. The fourth-order valence-corrected chi connectivity index (χ4v) is 6.23. The molecule has 0 radical (unpaired) electrons. The molecule has 4 rings (SSSR count). The van der Waals surface area contributed by atoms with Crippen LogP contribution in [0.15, 0.2) is 102 Å². The number of sulfonamides is 1. The number of carbonyl (C=O) groups excluding carboxylic acids is 2. The van der Waals surface area contributed by atoms with E-state index in [1.165, 1.54) is 6.08 Å². The number of carbonyl (C=O) groups is 2. The number of hydroxylamine groups is 1. The number of allylic oxidation sites excluding steroid dienone is 1. The number of anilines is 1. The van der Waals surface area contributed by atoms with Gasteiger partial charge in [-0.05, 0) is 60.9 Å². The normalized spacial score (nSPS) is 16.7. The number of nitrogens with zero attached hydrogens (tertiary/aromatic N) is 1. The van der Waals surface area contributed by atoms with Crippen molar-refractivity contribution in [1.29, 1.82) is 0 Å². The van der Waals surface area contributed by atoms with Gasteiger partial charge >= 0.3 is 0 Å². The average Bonchev–Trinajstić information content (AvgIpc) is 3.08. The van der Waals surface area contributed by atoms with Gasteiger partial charge in [-0.3, -0.25) is 15.0 Å². The molecule has 1 unspecified atom stereocenters. The number of para-hydroxylation sites is 1. The first-order valence-corrected chi connectivity index (χ1v) is 17.2. The maximum absolute atomic E-state index is 14.2. The third-order valence-corrected chi connectivity index (χ3v) is 8.79. The molecule has 1 fully saturated rings. The minimum atomic E-state index is -4.19. The molecule has 1 heterocycles. The number of nitrogens with one attached hydrogen (secondary N) is 2. The Morgan fingerprint density at radius 3 is 2.07 bits per heavy atom. The van der Waals surface area contributed by atoms with Crippen LogP contribution in [0.3, 0.4) is 0 Å². The van der Waals surface area contributed by atoms with Crippen LogP contribution in [0.5, 0.6) is 0 Å². The smallest absolute Gasteiger partial charge is 0.275 e. The van der Waals surface area contributed by atoms with Crippen LogP contribution in [-0.4, -0.2) is 33.1 Å². The van der Waals surface area contributed by atoms with Crippen molar-refractivity contribution in [1.82, 2.24) is 10.9 Å². The molecule has 3 atom stereocenters. The minimum absolute atomic E-state index is 0.0199. The number of amides is 2. The maximum Gasteiger partial charge on any atom is 0.275 e. The number of rotatable bonds is 15. The van der Waals surface area contributed by atoms with Gasteiger partial charge in [-0.1, -0.05) is 105 Å². The van der Waals surface area contributed by atoms with Crippen molar-refractivity contribution < 1.29 is 27.6 Å². The molecule has 3 aromatic carbocycles. The third-order valence-electron chi connectivity index (χ3n) is 7.50. The van der Waals surface area contributed by atoms with E-state index in [1.54, 1.807) is 54.6 Å². The lowest BCUT2D eigenvalue weighted by Gasteiger charge is -2.30. The Labute approximate surface area is 272 Å². The molecule has 46 heavy (non-hydrogen) atoms. The summed E-state index contributed by atoms with van der Waals surface area (Å²) in [4.78, 5) is 33.5. The van der Waals surface area contributed by atoms with Crippen LogP contribution in [0.1, 0.15) is 57.1 Å². The van der Waals surface area contributed by atoms with Gasteiger partial charge in [0.25, 0.3) is 10.0 Å². The highest BCUT2D eigenvalue weighted by Crippen LogP contribution is 2.27. The van der Waals surface area contributed by atoms with Crippen LogP contribution in [-0.2, 0) is 29.2 Å². The van der Waals surface area contributed by atoms with Gasteiger partial charge in [0.2, 0.25) is 11.8 Å². The van der Waals surface area contributed by atoms with Crippen LogP contribution < -0.4 is 15.3 Å². The van der Waals surface area contributed by atoms with Gasteiger partial charge < -0.3 is 4.74 Å². The van der Waals surface area contributed by atoms with Crippen molar-refractivity contribution in [3.05, 3.63) is 114 Å². The molecule has 3 aromatic rings. The molecular weight excluding hydrogens is 602 g/mol. The molecule has 1 aliphatic heterocycles. The Morgan fingerprint density at radius 1 is 0.870 bits per heavy atom. The monoisotopic (exact) mass is 645 g/mol. The van der Waals surface area contributed by atoms with Gasteiger partial charge in [0, 0.05) is 13.0 Å². The first kappa shape index (κ1) is 34.6. The van der Waals surface area contributed by atoms with Crippen LogP contribution in [0, 0.1) is 17.8 Å². The van der Waals surface area contributed by atoms with Crippen molar-refractivity contribution in [3.63, 3.8) is 0 Å². The van der Waals surface area contributed by atoms with E-state index in [2.05, 4.69) is 10.9 Å². The number of hydrogen-bond acceptors (Lipinski definition) is 6. The lowest BCUT2D eigenvalue weighted by molar-refractivity contribution is -0.203. The molecule has 0 aromatic heterocycles. The molecular formula is C36H43N3O6S. The molecule has 10 heteroatoms. The summed E-state index contributed by atoms with van der Waals surface area (Å²) in [6.45, 7) is 4.45. The third kappa shape index (κ3) is 10.7. The number of ether oxygens (including phenoxy) is 1. The largest absolute Gasteiger partial charge is 0.350 e. The summed E-state index contributed by atoms with van der Waals surface area (Å²) in [5.41, 5.74) is 7.08. The van der Waals surface area contributed by atoms with Gasteiger partial charge in [-0.15, -0.1) is 0 Å². The second-order valence-corrected chi connectivity index (χ2v) is 13.3. The predicted molar refractivity (Wildman–Crippen MR) is 181 cm³/mol. The molecule has 1 saturated heterocycles. The maximum atomic E-state index is 14.2. The highest BCUT2D eigenvalue weighted by Gasteiger charge is 2.36. The number of benzene rings is 3. The Balaban J connectivity index is 1.63. The zero-order chi connectivity index (χ0) is 32.8. The number of hydrazine groups is 1. The van der Waals surface area contributed by atoms with Crippen molar-refractivity contribution in [3.8, 4) is 0 Å². The van der Waals surface area contributed by atoms with E-state index in [0.717, 1.165) is 28.2 Å². The van der Waals surface area contributed by atoms with Crippen LogP contribution in [0.2, 0.25) is 0 Å². The van der Waals surface area contributed by atoms with Crippen molar-refractivity contribution in [2.45, 2.75) is 52.2 Å². The Hall–Kier alpha value is -4.25. The molecule has 0 aliphatic carbocycles. The van der Waals surface area contributed by atoms with Gasteiger partial charge in [0.15, 0.2) is 6.29 Å². The molecule has 2 N–H and O–H groups in total. The fourth-order valence-electron chi connectivity index (χ4n) is 5.15. The van der Waals surface area contributed by atoms with E-state index < -0.39 is 40.0 Å². The molecule has 244 valence electrons. The highest BCUT2D eigenvalue weighted by molar-refractivity contribution is 7.95. The van der Waals surface area contributed by atoms with Crippen molar-refractivity contribution >= 4 is 39.7 Å². The van der Waals surface area contributed by atoms with Crippen molar-refractivity contribution in [2.24, 2.45) is 17.8 Å². The van der Waals surface area contributed by atoms with Gasteiger partial charge in [-0.25, -0.2) is 10.3 Å².